The van der Waals surface area contributed by atoms with Crippen LogP contribution in [0.25, 0.3) is 0 Å². The zero-order valence-electron chi connectivity index (χ0n) is 16.7. The molecule has 1 aromatic carbocycles. The molecule has 0 bridgehead atoms. The maximum Gasteiger partial charge on any atom is 0.291 e. The average molecular weight is 411 g/mol. The van der Waals surface area contributed by atoms with Gasteiger partial charge in [0.2, 0.25) is 0 Å². The number of benzene rings is 1. The second-order valence-corrected chi connectivity index (χ2v) is 7.65. The summed E-state index contributed by atoms with van der Waals surface area (Å²) in [5, 5.41) is 9.49. The highest BCUT2D eigenvalue weighted by Crippen LogP contribution is 2.16. The molecule has 3 rings (SSSR count). The summed E-state index contributed by atoms with van der Waals surface area (Å²) in [7, 11) is 0. The van der Waals surface area contributed by atoms with Crippen LogP contribution in [0.5, 0.6) is 0 Å². The lowest BCUT2D eigenvalue weighted by Crippen LogP contribution is -2.36. The van der Waals surface area contributed by atoms with Crippen molar-refractivity contribution in [1.29, 1.82) is 0 Å². The third-order valence-corrected chi connectivity index (χ3v) is 5.42. The zero-order valence-corrected chi connectivity index (χ0v) is 17.5. The molecule has 2 aromatic heterocycles. The minimum Gasteiger partial charge on any atom is -0.459 e. The normalized spacial score (nSPS) is 11.3. The summed E-state index contributed by atoms with van der Waals surface area (Å²) in [5.74, 6) is 0.781. The first-order valence-corrected chi connectivity index (χ1v) is 10.5. The van der Waals surface area contributed by atoms with E-state index < -0.39 is 0 Å². The van der Waals surface area contributed by atoms with Gasteiger partial charge in [-0.25, -0.2) is 4.99 Å². The molecule has 0 radical (unpaired) electrons. The second kappa shape index (κ2) is 10.5. The number of nitrogens with zero attached hydrogens (tertiary/aromatic N) is 1. The number of carbonyl (C=O) groups excluding carboxylic acids is 1. The van der Waals surface area contributed by atoms with Gasteiger partial charge in [-0.05, 0) is 55.3 Å². The molecule has 0 aliphatic heterocycles. The highest BCUT2D eigenvalue weighted by molar-refractivity contribution is 7.11. The van der Waals surface area contributed by atoms with Gasteiger partial charge in [-0.2, -0.15) is 0 Å². The Labute approximate surface area is 175 Å². The third kappa shape index (κ3) is 6.22. The van der Waals surface area contributed by atoms with Gasteiger partial charge >= 0.3 is 0 Å². The van der Waals surface area contributed by atoms with Crippen LogP contribution in [0.1, 0.15) is 39.7 Å². The quantitative estimate of drug-likeness (QED) is 0.380. The number of amides is 1. The SMILES string of the molecule is CCNC(=NCc1cccc(NC(=O)c2ccco2)c1)NCc1ccc(CC)s1. The summed E-state index contributed by atoms with van der Waals surface area (Å²) in [4.78, 5) is 19.5. The fourth-order valence-corrected chi connectivity index (χ4v) is 3.64. The number of thiophene rings is 1. The van der Waals surface area contributed by atoms with Gasteiger partial charge in [0.15, 0.2) is 11.7 Å². The van der Waals surface area contributed by atoms with Crippen LogP contribution in [-0.2, 0) is 19.5 Å². The van der Waals surface area contributed by atoms with Crippen molar-refractivity contribution in [3.8, 4) is 0 Å². The monoisotopic (exact) mass is 410 g/mol. The van der Waals surface area contributed by atoms with E-state index in [4.69, 9.17) is 4.42 Å². The molecule has 1 amide bonds. The molecule has 0 unspecified atom stereocenters. The zero-order chi connectivity index (χ0) is 20.5. The van der Waals surface area contributed by atoms with Crippen molar-refractivity contribution >= 4 is 28.9 Å². The van der Waals surface area contributed by atoms with Gasteiger partial charge in [-0.1, -0.05) is 19.1 Å². The molecule has 3 N–H and O–H groups in total. The molecule has 7 heteroatoms. The van der Waals surface area contributed by atoms with Crippen molar-refractivity contribution in [2.24, 2.45) is 4.99 Å². The summed E-state index contributed by atoms with van der Waals surface area (Å²) < 4.78 is 5.13. The van der Waals surface area contributed by atoms with Gasteiger partial charge in [0.25, 0.3) is 5.91 Å². The Morgan fingerprint density at radius 1 is 1.07 bits per heavy atom. The first-order valence-electron chi connectivity index (χ1n) is 9.71. The number of guanidine groups is 1. The molecule has 0 aliphatic rings. The van der Waals surface area contributed by atoms with E-state index >= 15 is 0 Å². The van der Waals surface area contributed by atoms with Gasteiger partial charge in [0.1, 0.15) is 0 Å². The van der Waals surface area contributed by atoms with E-state index in [1.165, 1.54) is 16.0 Å². The van der Waals surface area contributed by atoms with E-state index in [-0.39, 0.29) is 11.7 Å². The van der Waals surface area contributed by atoms with Gasteiger partial charge in [0, 0.05) is 22.0 Å². The standard InChI is InChI=1S/C22H26N4O2S/c1-3-18-10-11-19(29-18)15-25-22(23-4-2)24-14-16-7-5-8-17(13-16)26-21(27)20-9-6-12-28-20/h5-13H,3-4,14-15H2,1-2H3,(H,26,27)(H2,23,24,25). The topological polar surface area (TPSA) is 78.7 Å². The van der Waals surface area contributed by atoms with Gasteiger partial charge < -0.3 is 20.4 Å². The van der Waals surface area contributed by atoms with E-state index in [0.717, 1.165) is 31.0 Å². The van der Waals surface area contributed by atoms with Gasteiger partial charge in [0.05, 0.1) is 19.4 Å². The van der Waals surface area contributed by atoms with Crippen molar-refractivity contribution < 1.29 is 9.21 Å². The molecule has 6 nitrogen and oxygen atoms in total. The summed E-state index contributed by atoms with van der Waals surface area (Å²) in [6, 6.07) is 15.3. The molecule has 0 saturated carbocycles. The molecular formula is C22H26N4O2S. The van der Waals surface area contributed by atoms with Crippen molar-refractivity contribution in [1.82, 2.24) is 10.6 Å². The lowest BCUT2D eigenvalue weighted by Gasteiger charge is -2.11. The second-order valence-electron chi connectivity index (χ2n) is 6.40. The van der Waals surface area contributed by atoms with Crippen LogP contribution in [0.2, 0.25) is 0 Å². The molecule has 29 heavy (non-hydrogen) atoms. The summed E-state index contributed by atoms with van der Waals surface area (Å²) in [6.45, 7) is 6.25. The van der Waals surface area contributed by atoms with E-state index in [1.54, 1.807) is 12.1 Å². The van der Waals surface area contributed by atoms with Crippen LogP contribution >= 0.6 is 11.3 Å². The Balaban J connectivity index is 1.60. The Kier molecular flexibility index (Phi) is 7.47. The number of furan rings is 1. The van der Waals surface area contributed by atoms with Crippen molar-refractivity contribution in [3.05, 3.63) is 75.9 Å². The van der Waals surface area contributed by atoms with E-state index in [2.05, 4.69) is 40.0 Å². The fourth-order valence-electron chi connectivity index (χ4n) is 2.74. The molecule has 3 aromatic rings. The van der Waals surface area contributed by atoms with Crippen molar-refractivity contribution in [3.63, 3.8) is 0 Å². The number of hydrogen-bond acceptors (Lipinski definition) is 4. The molecule has 0 aliphatic carbocycles. The smallest absolute Gasteiger partial charge is 0.291 e. The minimum atomic E-state index is -0.270. The highest BCUT2D eigenvalue weighted by Gasteiger charge is 2.09. The van der Waals surface area contributed by atoms with Crippen molar-refractivity contribution in [2.75, 3.05) is 11.9 Å². The molecule has 152 valence electrons. The minimum absolute atomic E-state index is 0.270. The van der Waals surface area contributed by atoms with Crippen LogP contribution < -0.4 is 16.0 Å². The fraction of sp³-hybridized carbons (Fsp3) is 0.273. The molecular weight excluding hydrogens is 384 g/mol. The Hall–Kier alpha value is -3.06. The maximum atomic E-state index is 12.1. The maximum absolute atomic E-state index is 12.1. The predicted octanol–water partition coefficient (Wildman–Crippen LogP) is 4.41. The molecule has 0 saturated heterocycles. The van der Waals surface area contributed by atoms with E-state index in [9.17, 15) is 4.79 Å². The van der Waals surface area contributed by atoms with Crippen LogP contribution in [-0.4, -0.2) is 18.4 Å². The highest BCUT2D eigenvalue weighted by atomic mass is 32.1. The predicted molar refractivity (Wildman–Crippen MR) is 118 cm³/mol. The summed E-state index contributed by atoms with van der Waals surface area (Å²) in [6.07, 6.45) is 2.54. The molecule has 0 atom stereocenters. The van der Waals surface area contributed by atoms with E-state index in [1.807, 2.05) is 42.5 Å². The van der Waals surface area contributed by atoms with E-state index in [0.29, 0.717) is 12.2 Å². The molecule has 2 heterocycles. The van der Waals surface area contributed by atoms with Crippen LogP contribution in [0, 0.1) is 0 Å². The van der Waals surface area contributed by atoms with Crippen LogP contribution in [0.4, 0.5) is 5.69 Å². The number of carbonyl (C=O) groups is 1. The Morgan fingerprint density at radius 2 is 1.93 bits per heavy atom. The van der Waals surface area contributed by atoms with Gasteiger partial charge in [-0.15, -0.1) is 11.3 Å². The first kappa shape index (κ1) is 20.7. The third-order valence-electron chi connectivity index (χ3n) is 4.19. The lowest BCUT2D eigenvalue weighted by atomic mass is 10.2. The van der Waals surface area contributed by atoms with Crippen molar-refractivity contribution in [2.45, 2.75) is 33.4 Å². The first-order chi connectivity index (χ1) is 14.2. The molecule has 0 spiro atoms. The largest absolute Gasteiger partial charge is 0.459 e. The number of aliphatic imine (C=N–C) groups is 1. The number of nitrogens with one attached hydrogen (secondary N) is 3. The Morgan fingerprint density at radius 3 is 2.66 bits per heavy atom. The number of rotatable bonds is 8. The Bertz CT molecular complexity index is 947. The number of anilines is 1. The van der Waals surface area contributed by atoms with Gasteiger partial charge in [-0.3, -0.25) is 4.79 Å². The number of aryl methyl sites for hydroxylation is 1. The number of hydrogen-bond donors (Lipinski definition) is 3. The summed E-state index contributed by atoms with van der Waals surface area (Å²) >= 11 is 1.82. The van der Waals surface area contributed by atoms with Crippen LogP contribution in [0.15, 0.2) is 64.2 Å². The summed E-state index contributed by atoms with van der Waals surface area (Å²) in [5.41, 5.74) is 1.71. The molecule has 0 fully saturated rings. The average Bonchev–Trinajstić information content (AvgIpc) is 3.42. The lowest BCUT2D eigenvalue weighted by molar-refractivity contribution is 0.0996. The van der Waals surface area contributed by atoms with Crippen LogP contribution in [0.3, 0.4) is 0 Å².